The summed E-state index contributed by atoms with van der Waals surface area (Å²) in [5.74, 6) is 0.999. The quantitative estimate of drug-likeness (QED) is 0.759. The van der Waals surface area contributed by atoms with Crippen LogP contribution in [0.3, 0.4) is 0 Å². The average molecular weight is 300 g/mol. The minimum atomic E-state index is -0.0999. The lowest BCUT2D eigenvalue weighted by Crippen LogP contribution is -2.15. The summed E-state index contributed by atoms with van der Waals surface area (Å²) >= 11 is 0. The molecular weight excluding hydrogens is 280 g/mol. The smallest absolute Gasteiger partial charge is 0.249 e. The van der Waals surface area contributed by atoms with Gasteiger partial charge in [-0.05, 0) is 37.6 Å². The van der Waals surface area contributed by atoms with E-state index in [0.717, 1.165) is 17.8 Å². The van der Waals surface area contributed by atoms with Crippen molar-refractivity contribution in [2.24, 2.45) is 0 Å². The third-order valence-electron chi connectivity index (χ3n) is 3.03. The Morgan fingerprint density at radius 1 is 1.23 bits per heavy atom. The first-order chi connectivity index (χ1) is 10.6. The highest BCUT2D eigenvalue weighted by Gasteiger charge is 2.04. The third-order valence-corrected chi connectivity index (χ3v) is 3.03. The zero-order chi connectivity index (χ0) is 15.9. The lowest BCUT2D eigenvalue weighted by atomic mass is 10.2. The van der Waals surface area contributed by atoms with Gasteiger partial charge in [-0.1, -0.05) is 6.92 Å². The van der Waals surface area contributed by atoms with E-state index in [0.29, 0.717) is 17.8 Å². The Kier molecular flexibility index (Phi) is 5.24. The predicted molar refractivity (Wildman–Crippen MR) is 87.2 cm³/mol. The maximum absolute atomic E-state index is 11.0. The van der Waals surface area contributed by atoms with Crippen molar-refractivity contribution in [2.45, 2.75) is 33.2 Å². The highest BCUT2D eigenvalue weighted by Crippen LogP contribution is 2.17. The van der Waals surface area contributed by atoms with Gasteiger partial charge in [-0.3, -0.25) is 4.79 Å². The van der Waals surface area contributed by atoms with Crippen molar-refractivity contribution in [3.8, 4) is 0 Å². The number of nitrogens with zero attached hydrogens (tertiary/aromatic N) is 3. The van der Waals surface area contributed by atoms with E-state index in [1.807, 2.05) is 12.1 Å². The van der Waals surface area contributed by atoms with E-state index in [1.54, 1.807) is 18.3 Å². The number of nitrogens with one attached hydrogen (secondary N) is 3. The van der Waals surface area contributed by atoms with Crippen molar-refractivity contribution < 1.29 is 4.79 Å². The number of carbonyl (C=O) groups is 1. The fourth-order valence-corrected chi connectivity index (χ4v) is 1.75. The molecule has 0 aliphatic heterocycles. The second kappa shape index (κ2) is 7.35. The summed E-state index contributed by atoms with van der Waals surface area (Å²) in [6.45, 7) is 5.65. The lowest BCUT2D eigenvalue weighted by molar-refractivity contribution is -0.114. The summed E-state index contributed by atoms with van der Waals surface area (Å²) in [5, 5.41) is 16.9. The van der Waals surface area contributed by atoms with Crippen molar-refractivity contribution in [2.75, 3.05) is 16.0 Å². The normalized spacial score (nSPS) is 11.6. The number of hydrogen-bond donors (Lipinski definition) is 3. The average Bonchev–Trinajstić information content (AvgIpc) is 2.49. The molecule has 3 N–H and O–H groups in total. The first kappa shape index (κ1) is 15.7. The van der Waals surface area contributed by atoms with E-state index in [4.69, 9.17) is 0 Å². The number of hydrogen-bond acceptors (Lipinski definition) is 6. The molecule has 1 heterocycles. The van der Waals surface area contributed by atoms with Crippen LogP contribution in [0.5, 0.6) is 0 Å². The molecule has 1 amide bonds. The number of benzene rings is 1. The molecule has 0 radical (unpaired) electrons. The standard InChI is InChI=1S/C15H20N6O/c1-4-10(2)17-14-9-16-21-15(20-14)19-13-7-5-12(6-8-13)18-11(3)22/h5-10H,4H2,1-3H3,(H,18,22)(H2,17,19,20,21). The molecule has 1 aromatic heterocycles. The van der Waals surface area contributed by atoms with Crippen molar-refractivity contribution >= 4 is 29.0 Å². The molecule has 0 aliphatic rings. The van der Waals surface area contributed by atoms with E-state index in [2.05, 4.69) is 45.0 Å². The van der Waals surface area contributed by atoms with Crippen LogP contribution in [0.25, 0.3) is 0 Å². The summed E-state index contributed by atoms with van der Waals surface area (Å²) in [6.07, 6.45) is 2.59. The van der Waals surface area contributed by atoms with Crippen LogP contribution in [0.4, 0.5) is 23.1 Å². The third kappa shape index (κ3) is 4.69. The second-order valence-corrected chi connectivity index (χ2v) is 5.00. The monoisotopic (exact) mass is 300 g/mol. The molecule has 7 heteroatoms. The van der Waals surface area contributed by atoms with E-state index in [-0.39, 0.29) is 5.91 Å². The van der Waals surface area contributed by atoms with Gasteiger partial charge >= 0.3 is 0 Å². The largest absolute Gasteiger partial charge is 0.366 e. The van der Waals surface area contributed by atoms with Gasteiger partial charge in [-0.2, -0.15) is 10.1 Å². The van der Waals surface area contributed by atoms with Crippen molar-refractivity contribution in [1.82, 2.24) is 15.2 Å². The number of amides is 1. The number of carbonyl (C=O) groups excluding carboxylic acids is 1. The van der Waals surface area contributed by atoms with Crippen molar-refractivity contribution in [1.29, 1.82) is 0 Å². The number of rotatable bonds is 6. The summed E-state index contributed by atoms with van der Waals surface area (Å²) in [4.78, 5) is 15.3. The summed E-state index contributed by atoms with van der Waals surface area (Å²) in [5.41, 5.74) is 1.56. The minimum Gasteiger partial charge on any atom is -0.366 e. The highest BCUT2D eigenvalue weighted by atomic mass is 16.1. The van der Waals surface area contributed by atoms with Crippen LogP contribution in [-0.4, -0.2) is 27.1 Å². The summed E-state index contributed by atoms with van der Waals surface area (Å²) in [6, 6.07) is 7.60. The van der Waals surface area contributed by atoms with Crippen LogP contribution in [0.15, 0.2) is 30.5 Å². The van der Waals surface area contributed by atoms with Gasteiger partial charge in [0.05, 0.1) is 6.20 Å². The fourth-order valence-electron chi connectivity index (χ4n) is 1.75. The zero-order valence-corrected chi connectivity index (χ0v) is 12.9. The van der Waals surface area contributed by atoms with Gasteiger partial charge in [0.25, 0.3) is 0 Å². The molecule has 2 rings (SSSR count). The van der Waals surface area contributed by atoms with Crippen LogP contribution in [0.1, 0.15) is 27.2 Å². The van der Waals surface area contributed by atoms with Gasteiger partial charge in [0, 0.05) is 24.3 Å². The van der Waals surface area contributed by atoms with E-state index in [1.165, 1.54) is 6.92 Å². The Labute approximate surface area is 129 Å². The van der Waals surface area contributed by atoms with Gasteiger partial charge in [-0.25, -0.2) is 0 Å². The van der Waals surface area contributed by atoms with E-state index < -0.39 is 0 Å². The maximum atomic E-state index is 11.0. The molecule has 0 saturated heterocycles. The minimum absolute atomic E-state index is 0.0999. The fraction of sp³-hybridized carbons (Fsp3) is 0.333. The predicted octanol–water partition coefficient (Wildman–Crippen LogP) is 2.78. The highest BCUT2D eigenvalue weighted by molar-refractivity contribution is 5.88. The van der Waals surface area contributed by atoms with Gasteiger partial charge in [0.15, 0.2) is 5.82 Å². The molecule has 2 aromatic rings. The maximum Gasteiger partial charge on any atom is 0.249 e. The van der Waals surface area contributed by atoms with E-state index >= 15 is 0 Å². The second-order valence-electron chi connectivity index (χ2n) is 5.00. The molecule has 0 spiro atoms. The van der Waals surface area contributed by atoms with E-state index in [9.17, 15) is 4.79 Å². The molecule has 0 fully saturated rings. The molecule has 22 heavy (non-hydrogen) atoms. The SMILES string of the molecule is CCC(C)Nc1cnnc(Nc2ccc(NC(C)=O)cc2)n1. The number of aromatic nitrogens is 3. The lowest BCUT2D eigenvalue weighted by Gasteiger charge is -2.12. The molecule has 116 valence electrons. The molecule has 0 bridgehead atoms. The molecule has 1 unspecified atom stereocenters. The molecule has 1 aromatic carbocycles. The molecule has 0 saturated carbocycles. The Hall–Kier alpha value is -2.70. The first-order valence-corrected chi connectivity index (χ1v) is 7.17. The molecule has 7 nitrogen and oxygen atoms in total. The Morgan fingerprint density at radius 3 is 2.55 bits per heavy atom. The van der Waals surface area contributed by atoms with Gasteiger partial charge < -0.3 is 16.0 Å². The van der Waals surface area contributed by atoms with Crippen molar-refractivity contribution in [3.05, 3.63) is 30.5 Å². The number of anilines is 4. The van der Waals surface area contributed by atoms with Crippen LogP contribution < -0.4 is 16.0 Å². The molecule has 1 atom stereocenters. The zero-order valence-electron chi connectivity index (χ0n) is 12.9. The Bertz CT molecular complexity index is 628. The first-order valence-electron chi connectivity index (χ1n) is 7.17. The van der Waals surface area contributed by atoms with Crippen LogP contribution in [-0.2, 0) is 4.79 Å². The topological polar surface area (TPSA) is 91.8 Å². The molecular formula is C15H20N6O. The van der Waals surface area contributed by atoms with Gasteiger partial charge in [0.2, 0.25) is 11.9 Å². The Morgan fingerprint density at radius 2 is 1.91 bits per heavy atom. The molecule has 0 aliphatic carbocycles. The Balaban J connectivity index is 2.04. The van der Waals surface area contributed by atoms with Crippen molar-refractivity contribution in [3.63, 3.8) is 0 Å². The van der Waals surface area contributed by atoms with Crippen LogP contribution >= 0.6 is 0 Å². The van der Waals surface area contributed by atoms with Gasteiger partial charge in [0.1, 0.15) is 0 Å². The van der Waals surface area contributed by atoms with Gasteiger partial charge in [-0.15, -0.1) is 5.10 Å². The van der Waals surface area contributed by atoms with Crippen LogP contribution in [0.2, 0.25) is 0 Å². The summed E-state index contributed by atoms with van der Waals surface area (Å²) in [7, 11) is 0. The van der Waals surface area contributed by atoms with Crippen LogP contribution in [0, 0.1) is 0 Å². The summed E-state index contributed by atoms with van der Waals surface area (Å²) < 4.78 is 0.